The molecule has 1 saturated carbocycles. The molecule has 1 aromatic rings. The number of halogens is 3. The van der Waals surface area contributed by atoms with E-state index in [-0.39, 0.29) is 30.1 Å². The van der Waals surface area contributed by atoms with Crippen LogP contribution in [0.3, 0.4) is 0 Å². The van der Waals surface area contributed by atoms with Gasteiger partial charge in [0.1, 0.15) is 0 Å². The Hall–Kier alpha value is -1.79. The molecule has 3 saturated heterocycles. The molecule has 4 aliphatic rings. The minimum atomic E-state index is -4.71. The molecule has 0 spiro atoms. The second-order valence-electron chi connectivity index (χ2n) is 6.90. The van der Waals surface area contributed by atoms with Gasteiger partial charge in [0.25, 0.3) is 0 Å². The number of nitrogens with one attached hydrogen (secondary N) is 1. The average molecular weight is 371 g/mol. The van der Waals surface area contributed by atoms with Crippen LogP contribution in [0, 0.1) is 23.2 Å². The molecule has 5 rings (SSSR count). The van der Waals surface area contributed by atoms with Gasteiger partial charge >= 0.3 is 6.18 Å². The number of nitrogens with zero attached hydrogens (tertiary/aromatic N) is 2. The number of hydrogen-bond acceptors (Lipinski definition) is 4. The number of hydrogen-bond donors (Lipinski definition) is 1. The Morgan fingerprint density at radius 3 is 2.60 bits per heavy atom. The highest BCUT2D eigenvalue weighted by Crippen LogP contribution is 2.46. The third kappa shape index (κ3) is 2.42. The smallest absolute Gasteiger partial charge is 0.313 e. The third-order valence-corrected chi connectivity index (χ3v) is 8.04. The van der Waals surface area contributed by atoms with Crippen molar-refractivity contribution in [2.75, 3.05) is 17.4 Å². The van der Waals surface area contributed by atoms with E-state index >= 15 is 0 Å². The molecule has 2 bridgehead atoms. The van der Waals surface area contributed by atoms with Gasteiger partial charge in [-0.3, -0.25) is 4.31 Å². The second kappa shape index (κ2) is 5.35. The molecule has 1 aromatic carbocycles. The van der Waals surface area contributed by atoms with Crippen molar-refractivity contribution in [2.24, 2.45) is 11.8 Å². The van der Waals surface area contributed by atoms with Crippen LogP contribution in [-0.2, 0) is 16.2 Å². The van der Waals surface area contributed by atoms with Crippen molar-refractivity contribution in [3.05, 3.63) is 29.3 Å². The van der Waals surface area contributed by atoms with Crippen LogP contribution in [0.5, 0.6) is 0 Å². The number of fused-ring (bicyclic) bond motifs is 2. The maximum Gasteiger partial charge on any atom is 0.417 e. The maximum absolute atomic E-state index is 13.2. The van der Waals surface area contributed by atoms with Gasteiger partial charge in [-0.1, -0.05) is 0 Å². The first kappa shape index (κ1) is 16.7. The maximum atomic E-state index is 13.2. The van der Waals surface area contributed by atoms with Gasteiger partial charge in [-0.25, -0.2) is 8.42 Å². The number of nitriles is 1. The van der Waals surface area contributed by atoms with Crippen LogP contribution in [0.15, 0.2) is 18.2 Å². The van der Waals surface area contributed by atoms with Crippen molar-refractivity contribution in [3.8, 4) is 6.07 Å². The van der Waals surface area contributed by atoms with Crippen LogP contribution in [0.1, 0.15) is 24.0 Å². The lowest BCUT2D eigenvalue weighted by Crippen LogP contribution is -2.58. The summed E-state index contributed by atoms with van der Waals surface area (Å²) in [6.07, 6.45) is -2.98. The topological polar surface area (TPSA) is 73.2 Å². The molecular weight excluding hydrogens is 355 g/mol. The summed E-state index contributed by atoms with van der Waals surface area (Å²) in [5.41, 5.74) is -1.62. The molecule has 4 atom stereocenters. The minimum Gasteiger partial charge on any atom is -0.313 e. The number of alkyl halides is 3. The Bertz CT molecular complexity index is 854. The van der Waals surface area contributed by atoms with Crippen LogP contribution in [0.4, 0.5) is 18.9 Å². The van der Waals surface area contributed by atoms with Crippen molar-refractivity contribution in [1.29, 1.82) is 5.26 Å². The summed E-state index contributed by atoms with van der Waals surface area (Å²) >= 11 is 0. The van der Waals surface area contributed by atoms with Crippen molar-refractivity contribution in [2.45, 2.75) is 30.3 Å². The van der Waals surface area contributed by atoms with Crippen molar-refractivity contribution in [1.82, 2.24) is 5.32 Å². The highest BCUT2D eigenvalue weighted by atomic mass is 32.2. The first-order valence-electron chi connectivity index (χ1n) is 8.10. The number of piperidine rings is 2. The molecule has 0 unspecified atom stereocenters. The monoisotopic (exact) mass is 371 g/mol. The van der Waals surface area contributed by atoms with Gasteiger partial charge < -0.3 is 5.32 Å². The van der Waals surface area contributed by atoms with Gasteiger partial charge in [0.2, 0.25) is 10.0 Å². The average Bonchev–Trinajstić information content (AvgIpc) is 2.88. The van der Waals surface area contributed by atoms with E-state index in [9.17, 15) is 21.6 Å². The summed E-state index contributed by atoms with van der Waals surface area (Å²) in [4.78, 5) is 0. The zero-order chi connectivity index (χ0) is 18.0. The van der Waals surface area contributed by atoms with Crippen molar-refractivity contribution < 1.29 is 21.6 Å². The predicted molar refractivity (Wildman–Crippen MR) is 84.2 cm³/mol. The quantitative estimate of drug-likeness (QED) is 0.821. The van der Waals surface area contributed by atoms with E-state index in [2.05, 4.69) is 5.32 Å². The molecule has 3 aliphatic heterocycles. The normalized spacial score (nSPS) is 33.1. The van der Waals surface area contributed by atoms with E-state index in [0.717, 1.165) is 29.3 Å². The van der Waals surface area contributed by atoms with Crippen molar-refractivity contribution >= 4 is 15.7 Å². The fraction of sp³-hybridized carbons (Fsp3) is 0.562. The Balaban J connectivity index is 1.77. The Morgan fingerprint density at radius 1 is 1.28 bits per heavy atom. The van der Waals surface area contributed by atoms with E-state index < -0.39 is 32.6 Å². The van der Waals surface area contributed by atoms with Crippen LogP contribution < -0.4 is 9.62 Å². The second-order valence-corrected chi connectivity index (χ2v) is 8.91. The molecule has 0 amide bonds. The fourth-order valence-electron chi connectivity index (χ4n) is 4.53. The molecule has 4 fully saturated rings. The molecule has 3 heterocycles. The van der Waals surface area contributed by atoms with Gasteiger partial charge in [0, 0.05) is 18.5 Å². The van der Waals surface area contributed by atoms with Crippen molar-refractivity contribution in [3.63, 3.8) is 0 Å². The lowest BCUT2D eigenvalue weighted by Gasteiger charge is -2.44. The van der Waals surface area contributed by atoms with Crippen LogP contribution in [-0.4, -0.2) is 32.8 Å². The van der Waals surface area contributed by atoms with Gasteiger partial charge in [-0.15, -0.1) is 0 Å². The van der Waals surface area contributed by atoms with E-state index in [1.807, 2.05) is 0 Å². The molecule has 25 heavy (non-hydrogen) atoms. The molecule has 9 heteroatoms. The molecule has 1 aliphatic carbocycles. The van der Waals surface area contributed by atoms with Crippen LogP contribution in [0.25, 0.3) is 0 Å². The number of anilines is 1. The molecule has 5 nitrogen and oxygen atoms in total. The molecule has 134 valence electrons. The highest BCUT2D eigenvalue weighted by Gasteiger charge is 2.57. The van der Waals surface area contributed by atoms with Crippen LogP contribution >= 0.6 is 0 Å². The first-order chi connectivity index (χ1) is 11.7. The van der Waals surface area contributed by atoms with E-state index in [4.69, 9.17) is 5.26 Å². The molecule has 0 radical (unpaired) electrons. The predicted octanol–water partition coefficient (Wildman–Crippen LogP) is 2.09. The zero-order valence-corrected chi connectivity index (χ0v) is 13.9. The number of sulfonamides is 1. The van der Waals surface area contributed by atoms with Gasteiger partial charge in [-0.05, 0) is 43.5 Å². The van der Waals surface area contributed by atoms with Crippen LogP contribution in [0.2, 0.25) is 0 Å². The summed E-state index contributed by atoms with van der Waals surface area (Å²) in [6, 6.07) is 4.72. The van der Waals surface area contributed by atoms with E-state index in [1.54, 1.807) is 0 Å². The summed E-state index contributed by atoms with van der Waals surface area (Å²) in [5.74, 6) is -0.104. The summed E-state index contributed by atoms with van der Waals surface area (Å²) in [7, 11) is -3.71. The van der Waals surface area contributed by atoms with Gasteiger partial charge in [0.15, 0.2) is 0 Å². The summed E-state index contributed by atoms with van der Waals surface area (Å²) in [5, 5.41) is 11.7. The number of rotatable bonds is 1. The largest absolute Gasteiger partial charge is 0.417 e. The first-order valence-corrected chi connectivity index (χ1v) is 9.60. The Kier molecular flexibility index (Phi) is 3.57. The summed E-state index contributed by atoms with van der Waals surface area (Å²) < 4.78 is 66.7. The fourth-order valence-corrected chi connectivity index (χ4v) is 7.05. The molecule has 0 aromatic heterocycles. The summed E-state index contributed by atoms with van der Waals surface area (Å²) in [6.45, 7) is 0.824. The third-order valence-electron chi connectivity index (χ3n) is 5.64. The Labute approximate surface area is 143 Å². The lowest BCUT2D eigenvalue weighted by molar-refractivity contribution is -0.137. The minimum absolute atomic E-state index is 0.00506. The van der Waals surface area contributed by atoms with Gasteiger partial charge in [0.05, 0.1) is 28.1 Å². The Morgan fingerprint density at radius 2 is 2.04 bits per heavy atom. The zero-order valence-electron chi connectivity index (χ0n) is 13.1. The standard InChI is InChI=1S/C16H16F3N3O2S/c17-16(18,19)13-5-11(3-1-9(13)6-20)22-8-12-14-4-2-10(7-21-14)15(12)25(22,23)24/h1,3,5,10,12,14-15,21H,2,4,7-8H2/t10-,12+,14-,15-/m0/s1. The van der Waals surface area contributed by atoms with Gasteiger partial charge in [-0.2, -0.15) is 18.4 Å². The molecule has 1 N–H and O–H groups in total. The SMILES string of the molecule is N#Cc1ccc(N2C[C@H]3[C@H]([C@H]4CC[C@@H]3NC4)S2(=O)=O)cc1C(F)(F)F. The highest BCUT2D eigenvalue weighted by molar-refractivity contribution is 7.93. The lowest BCUT2D eigenvalue weighted by atomic mass is 9.73. The van der Waals surface area contributed by atoms with E-state index in [0.29, 0.717) is 6.54 Å². The number of benzene rings is 1. The van der Waals surface area contributed by atoms with E-state index in [1.165, 1.54) is 12.1 Å². The molecular formula is C16H16F3N3O2S.